The van der Waals surface area contributed by atoms with Crippen LogP contribution in [0.4, 0.5) is 0 Å². The molecule has 5 rings (SSSR count). The van der Waals surface area contributed by atoms with Gasteiger partial charge in [-0.15, -0.1) is 0 Å². The Hall–Kier alpha value is -3.79. The first-order valence-corrected chi connectivity index (χ1v) is 9.92. The second kappa shape index (κ2) is 7.23. The minimum atomic E-state index is -0.114. The Morgan fingerprint density at radius 1 is 1.03 bits per heavy atom. The third-order valence-electron chi connectivity index (χ3n) is 5.45. The Morgan fingerprint density at radius 3 is 2.80 bits per heavy atom. The third-order valence-corrected chi connectivity index (χ3v) is 5.45. The predicted molar refractivity (Wildman–Crippen MR) is 118 cm³/mol. The van der Waals surface area contributed by atoms with Crippen molar-refractivity contribution in [1.82, 2.24) is 4.98 Å². The van der Waals surface area contributed by atoms with Crippen molar-refractivity contribution < 1.29 is 14.3 Å². The normalized spacial score (nSPS) is 14.2. The molecule has 148 valence electrons. The van der Waals surface area contributed by atoms with Crippen LogP contribution in [0.1, 0.15) is 32.6 Å². The molecule has 0 fully saturated rings. The first kappa shape index (κ1) is 18.3. The van der Waals surface area contributed by atoms with Gasteiger partial charge in [0.2, 0.25) is 5.78 Å². The number of para-hydroxylation sites is 1. The van der Waals surface area contributed by atoms with Crippen LogP contribution in [0.15, 0.2) is 72.6 Å². The molecule has 4 heteroatoms. The maximum Gasteiger partial charge on any atom is 0.231 e. The molecule has 0 saturated heterocycles. The number of hydrogen-bond acceptors (Lipinski definition) is 3. The number of ether oxygens (including phenoxy) is 2. The first-order chi connectivity index (χ1) is 14.6. The number of fused-ring (bicyclic) bond motifs is 2. The van der Waals surface area contributed by atoms with Crippen LogP contribution in [-0.2, 0) is 6.61 Å². The highest BCUT2D eigenvalue weighted by molar-refractivity contribution is 6.15. The average molecular weight is 395 g/mol. The van der Waals surface area contributed by atoms with Crippen LogP contribution in [0.2, 0.25) is 0 Å². The summed E-state index contributed by atoms with van der Waals surface area (Å²) < 4.78 is 11.9. The Labute approximate surface area is 174 Å². The summed E-state index contributed by atoms with van der Waals surface area (Å²) >= 11 is 0. The van der Waals surface area contributed by atoms with E-state index in [0.717, 1.165) is 22.0 Å². The number of aromatic amines is 1. The van der Waals surface area contributed by atoms with Gasteiger partial charge in [-0.1, -0.05) is 42.0 Å². The lowest BCUT2D eigenvalue weighted by molar-refractivity contribution is 0.101. The van der Waals surface area contributed by atoms with Gasteiger partial charge in [0.25, 0.3) is 0 Å². The van der Waals surface area contributed by atoms with Gasteiger partial charge in [-0.3, -0.25) is 4.79 Å². The molecule has 2 heterocycles. The van der Waals surface area contributed by atoms with Crippen molar-refractivity contribution in [1.29, 1.82) is 0 Å². The van der Waals surface area contributed by atoms with E-state index in [1.54, 1.807) is 18.2 Å². The van der Waals surface area contributed by atoms with Gasteiger partial charge in [-0.25, -0.2) is 0 Å². The largest absolute Gasteiger partial charge is 0.489 e. The molecule has 1 aliphatic rings. The summed E-state index contributed by atoms with van der Waals surface area (Å²) in [6.45, 7) is 4.61. The SMILES string of the molecule is Cc1ccc(C)c(COc2ccc3c(c2)O/C(=C/c2c[nH]c4ccccc24)C3=O)c1. The smallest absolute Gasteiger partial charge is 0.231 e. The van der Waals surface area contributed by atoms with Crippen molar-refractivity contribution in [3.05, 3.63) is 100 Å². The number of carbonyl (C=O) groups is 1. The van der Waals surface area contributed by atoms with Crippen LogP contribution in [0.3, 0.4) is 0 Å². The molecule has 0 atom stereocenters. The number of aromatic nitrogens is 1. The highest BCUT2D eigenvalue weighted by atomic mass is 16.5. The molecule has 0 unspecified atom stereocenters. The quantitative estimate of drug-likeness (QED) is 0.433. The van der Waals surface area contributed by atoms with Crippen LogP contribution in [0, 0.1) is 13.8 Å². The van der Waals surface area contributed by atoms with Crippen molar-refractivity contribution >= 4 is 22.8 Å². The molecule has 4 nitrogen and oxygen atoms in total. The minimum Gasteiger partial charge on any atom is -0.489 e. The summed E-state index contributed by atoms with van der Waals surface area (Å²) in [7, 11) is 0. The molecular weight excluding hydrogens is 374 g/mol. The van der Waals surface area contributed by atoms with Gasteiger partial charge in [0.1, 0.15) is 18.1 Å². The van der Waals surface area contributed by atoms with Gasteiger partial charge >= 0.3 is 0 Å². The van der Waals surface area contributed by atoms with Crippen LogP contribution in [-0.4, -0.2) is 10.8 Å². The molecule has 0 aliphatic carbocycles. The number of Topliss-reactive ketones (excluding diaryl/α,β-unsaturated/α-hetero) is 1. The van der Waals surface area contributed by atoms with Gasteiger partial charge in [-0.05, 0) is 49.2 Å². The number of aryl methyl sites for hydroxylation is 2. The van der Waals surface area contributed by atoms with Gasteiger partial charge in [0.05, 0.1) is 5.56 Å². The molecule has 0 saturated carbocycles. The summed E-state index contributed by atoms with van der Waals surface area (Å²) in [6, 6.07) is 19.7. The number of H-pyrrole nitrogens is 1. The molecule has 0 radical (unpaired) electrons. The molecule has 4 aromatic rings. The van der Waals surface area contributed by atoms with Crippen LogP contribution in [0.25, 0.3) is 17.0 Å². The molecule has 0 spiro atoms. The Bertz CT molecular complexity index is 1310. The molecule has 1 N–H and O–H groups in total. The fourth-order valence-corrected chi connectivity index (χ4v) is 3.73. The highest BCUT2D eigenvalue weighted by Crippen LogP contribution is 2.35. The van der Waals surface area contributed by atoms with Crippen molar-refractivity contribution in [2.24, 2.45) is 0 Å². The van der Waals surface area contributed by atoms with Gasteiger partial charge in [0.15, 0.2) is 5.76 Å². The molecular formula is C26H21NO3. The maximum absolute atomic E-state index is 12.8. The summed E-state index contributed by atoms with van der Waals surface area (Å²) in [5.74, 6) is 1.41. The number of benzene rings is 3. The second-order valence-corrected chi connectivity index (χ2v) is 7.61. The van der Waals surface area contributed by atoms with Crippen LogP contribution in [0.5, 0.6) is 11.5 Å². The lowest BCUT2D eigenvalue weighted by atomic mass is 10.1. The zero-order chi connectivity index (χ0) is 20.7. The number of carbonyl (C=O) groups excluding carboxylic acids is 1. The summed E-state index contributed by atoms with van der Waals surface area (Å²) in [4.78, 5) is 16.0. The predicted octanol–water partition coefficient (Wildman–Crippen LogP) is 5.98. The zero-order valence-corrected chi connectivity index (χ0v) is 16.9. The monoisotopic (exact) mass is 395 g/mol. The summed E-state index contributed by atoms with van der Waals surface area (Å²) in [5, 5.41) is 1.05. The molecule has 30 heavy (non-hydrogen) atoms. The fraction of sp³-hybridized carbons (Fsp3) is 0.115. The Balaban J connectivity index is 1.38. The van der Waals surface area contributed by atoms with E-state index in [9.17, 15) is 4.79 Å². The van der Waals surface area contributed by atoms with E-state index in [4.69, 9.17) is 9.47 Å². The van der Waals surface area contributed by atoms with Crippen LogP contribution >= 0.6 is 0 Å². The first-order valence-electron chi connectivity index (χ1n) is 9.92. The Morgan fingerprint density at radius 2 is 1.90 bits per heavy atom. The number of rotatable bonds is 4. The number of allylic oxidation sites excluding steroid dienone is 1. The van der Waals surface area contributed by atoms with Gasteiger partial charge in [0, 0.05) is 28.7 Å². The van der Waals surface area contributed by atoms with Crippen molar-refractivity contribution in [2.45, 2.75) is 20.5 Å². The summed E-state index contributed by atoms with van der Waals surface area (Å²) in [5.41, 5.74) is 6.04. The average Bonchev–Trinajstić information content (AvgIpc) is 3.30. The van der Waals surface area contributed by atoms with Crippen molar-refractivity contribution in [2.75, 3.05) is 0 Å². The van der Waals surface area contributed by atoms with Gasteiger partial charge < -0.3 is 14.5 Å². The highest BCUT2D eigenvalue weighted by Gasteiger charge is 2.28. The fourth-order valence-electron chi connectivity index (χ4n) is 3.73. The summed E-state index contributed by atoms with van der Waals surface area (Å²) in [6.07, 6.45) is 3.67. The molecule has 1 aromatic heterocycles. The molecule has 3 aromatic carbocycles. The lowest BCUT2D eigenvalue weighted by Crippen LogP contribution is -1.99. The van der Waals surface area contributed by atoms with Crippen molar-refractivity contribution in [3.63, 3.8) is 0 Å². The zero-order valence-electron chi connectivity index (χ0n) is 16.9. The van der Waals surface area contributed by atoms with E-state index in [2.05, 4.69) is 37.0 Å². The van der Waals surface area contributed by atoms with E-state index in [1.165, 1.54) is 11.1 Å². The number of hydrogen-bond donors (Lipinski definition) is 1. The minimum absolute atomic E-state index is 0.114. The van der Waals surface area contributed by atoms with E-state index >= 15 is 0 Å². The second-order valence-electron chi connectivity index (χ2n) is 7.61. The van der Waals surface area contributed by atoms with E-state index in [-0.39, 0.29) is 5.78 Å². The third kappa shape index (κ3) is 3.26. The van der Waals surface area contributed by atoms with Crippen molar-refractivity contribution in [3.8, 4) is 11.5 Å². The lowest BCUT2D eigenvalue weighted by Gasteiger charge is -2.10. The topological polar surface area (TPSA) is 51.3 Å². The van der Waals surface area contributed by atoms with Crippen LogP contribution < -0.4 is 9.47 Å². The van der Waals surface area contributed by atoms with E-state index in [0.29, 0.717) is 29.4 Å². The Kier molecular flexibility index (Phi) is 4.40. The van der Waals surface area contributed by atoms with E-state index < -0.39 is 0 Å². The van der Waals surface area contributed by atoms with Gasteiger partial charge in [-0.2, -0.15) is 0 Å². The maximum atomic E-state index is 12.8. The molecule has 0 bridgehead atoms. The number of nitrogens with one attached hydrogen (secondary N) is 1. The molecule has 1 aliphatic heterocycles. The number of ketones is 1. The van der Waals surface area contributed by atoms with E-state index in [1.807, 2.05) is 36.5 Å². The standard InChI is InChI=1S/C26H21NO3/c1-16-7-8-17(2)19(11-16)15-29-20-9-10-22-24(13-20)30-25(26(22)28)12-18-14-27-23-6-4-3-5-21(18)23/h3-14,27H,15H2,1-2H3/b25-12+. The molecule has 0 amide bonds.